The Balaban J connectivity index is 1.32. The molecule has 5 aromatic carbocycles. The van der Waals surface area contributed by atoms with Gasteiger partial charge in [-0.2, -0.15) is 0 Å². The molecule has 0 amide bonds. The van der Waals surface area contributed by atoms with E-state index in [0.717, 1.165) is 22.3 Å². The average Bonchev–Trinajstić information content (AvgIpc) is 3.15. The fourth-order valence-electron chi connectivity index (χ4n) is 5.97. The first-order valence-corrected chi connectivity index (χ1v) is 16.5. The Morgan fingerprint density at radius 3 is 1.29 bits per heavy atom. The molecule has 0 radical (unpaired) electrons. The molecule has 0 aliphatic carbocycles. The molecule has 1 aliphatic heterocycles. The molecule has 5 aromatic rings. The Hall–Kier alpha value is -4.43. The summed E-state index contributed by atoms with van der Waals surface area (Å²) in [7, 11) is 0. The summed E-state index contributed by atoms with van der Waals surface area (Å²) in [6.07, 6.45) is -2.73. The lowest BCUT2D eigenvalue weighted by Gasteiger charge is -2.46. The SMILES string of the molecule is O=C(C[C@@H]1OC(COCc2ccccc2)[C@@H](OCc2ccccc2)C(OCc2ccccc2)C1OCc1ccccc1)c1ccccc1. The zero-order chi connectivity index (χ0) is 32.8. The average molecular weight is 643 g/mol. The smallest absolute Gasteiger partial charge is 0.165 e. The van der Waals surface area contributed by atoms with Crippen molar-refractivity contribution >= 4 is 5.78 Å². The summed E-state index contributed by atoms with van der Waals surface area (Å²) >= 11 is 0. The van der Waals surface area contributed by atoms with Crippen LogP contribution in [0, 0.1) is 0 Å². The normalized spacial score (nSPS) is 20.7. The first kappa shape index (κ1) is 33.5. The number of hydrogen-bond acceptors (Lipinski definition) is 6. The maximum absolute atomic E-state index is 13.7. The van der Waals surface area contributed by atoms with Crippen LogP contribution < -0.4 is 0 Å². The fourth-order valence-corrected chi connectivity index (χ4v) is 5.97. The van der Waals surface area contributed by atoms with Gasteiger partial charge in [-0.05, 0) is 22.3 Å². The highest BCUT2D eigenvalue weighted by atomic mass is 16.6. The Morgan fingerprint density at radius 1 is 0.458 bits per heavy atom. The lowest BCUT2D eigenvalue weighted by atomic mass is 9.90. The molecule has 0 saturated carbocycles. The van der Waals surface area contributed by atoms with Crippen molar-refractivity contribution in [2.75, 3.05) is 6.61 Å². The van der Waals surface area contributed by atoms with E-state index in [2.05, 4.69) is 0 Å². The van der Waals surface area contributed by atoms with Gasteiger partial charge in [0, 0.05) is 12.0 Å². The molecular weight excluding hydrogens is 600 g/mol. The van der Waals surface area contributed by atoms with E-state index >= 15 is 0 Å². The Labute approximate surface area is 283 Å². The molecule has 6 heteroatoms. The monoisotopic (exact) mass is 642 g/mol. The summed E-state index contributed by atoms with van der Waals surface area (Å²) in [5.41, 5.74) is 4.77. The van der Waals surface area contributed by atoms with E-state index in [1.165, 1.54) is 0 Å². The second kappa shape index (κ2) is 17.6. The quantitative estimate of drug-likeness (QED) is 0.102. The van der Waals surface area contributed by atoms with Gasteiger partial charge >= 0.3 is 0 Å². The van der Waals surface area contributed by atoms with Crippen molar-refractivity contribution in [2.45, 2.75) is 63.4 Å². The van der Waals surface area contributed by atoms with Gasteiger partial charge in [-0.15, -0.1) is 0 Å². The number of rotatable bonds is 16. The van der Waals surface area contributed by atoms with Crippen molar-refractivity contribution in [1.29, 1.82) is 0 Å². The number of ether oxygens (including phenoxy) is 5. The summed E-state index contributed by atoms with van der Waals surface area (Å²) in [6, 6.07) is 49.5. The van der Waals surface area contributed by atoms with E-state index in [1.807, 2.05) is 152 Å². The van der Waals surface area contributed by atoms with Gasteiger partial charge < -0.3 is 23.7 Å². The summed E-state index contributed by atoms with van der Waals surface area (Å²) in [5.74, 6) is -0.0247. The van der Waals surface area contributed by atoms with Gasteiger partial charge in [0.15, 0.2) is 5.78 Å². The molecule has 1 fully saturated rings. The molecule has 1 heterocycles. The molecule has 0 spiro atoms. The van der Waals surface area contributed by atoms with E-state index in [-0.39, 0.29) is 18.8 Å². The van der Waals surface area contributed by atoms with E-state index in [1.54, 1.807) is 0 Å². The molecule has 1 aliphatic rings. The molecule has 0 aromatic heterocycles. The van der Waals surface area contributed by atoms with Gasteiger partial charge in [0.25, 0.3) is 0 Å². The van der Waals surface area contributed by atoms with Crippen LogP contribution in [-0.4, -0.2) is 42.9 Å². The van der Waals surface area contributed by atoms with Crippen molar-refractivity contribution < 1.29 is 28.5 Å². The largest absolute Gasteiger partial charge is 0.374 e. The highest BCUT2D eigenvalue weighted by Gasteiger charge is 2.49. The number of carbonyl (C=O) groups excluding carboxylic acids is 1. The summed E-state index contributed by atoms with van der Waals surface area (Å²) in [5, 5.41) is 0. The van der Waals surface area contributed by atoms with Crippen LogP contribution >= 0.6 is 0 Å². The van der Waals surface area contributed by atoms with Crippen LogP contribution in [-0.2, 0) is 50.1 Å². The topological polar surface area (TPSA) is 63.2 Å². The van der Waals surface area contributed by atoms with Crippen LogP contribution in [0.4, 0.5) is 0 Å². The molecule has 3 unspecified atom stereocenters. The molecular formula is C42H42O6. The molecule has 6 rings (SSSR count). The number of Topliss-reactive ketones (excluding diaryl/α,β-unsaturated/α-hetero) is 1. The second-order valence-corrected chi connectivity index (χ2v) is 12.0. The number of carbonyl (C=O) groups is 1. The first-order chi connectivity index (χ1) is 23.7. The maximum Gasteiger partial charge on any atom is 0.165 e. The van der Waals surface area contributed by atoms with Crippen LogP contribution in [0.1, 0.15) is 39.0 Å². The molecule has 0 N–H and O–H groups in total. The Bertz CT molecular complexity index is 1630. The van der Waals surface area contributed by atoms with Crippen LogP contribution in [0.2, 0.25) is 0 Å². The van der Waals surface area contributed by atoms with Crippen molar-refractivity contribution in [2.24, 2.45) is 0 Å². The minimum atomic E-state index is -0.607. The lowest BCUT2D eigenvalue weighted by molar-refractivity contribution is -0.271. The number of ketones is 1. The lowest BCUT2D eigenvalue weighted by Crippen LogP contribution is -2.61. The number of hydrogen-bond donors (Lipinski definition) is 0. The molecule has 1 saturated heterocycles. The molecule has 6 nitrogen and oxygen atoms in total. The summed E-state index contributed by atoms with van der Waals surface area (Å²) in [6.45, 7) is 1.70. The molecule has 5 atom stereocenters. The third-order valence-corrected chi connectivity index (χ3v) is 8.46. The van der Waals surface area contributed by atoms with Crippen LogP contribution in [0.3, 0.4) is 0 Å². The van der Waals surface area contributed by atoms with Crippen molar-refractivity contribution in [1.82, 2.24) is 0 Å². The van der Waals surface area contributed by atoms with Gasteiger partial charge in [0.1, 0.15) is 24.4 Å². The second-order valence-electron chi connectivity index (χ2n) is 12.0. The summed E-state index contributed by atoms with van der Waals surface area (Å²) < 4.78 is 33.3. The van der Waals surface area contributed by atoms with E-state index in [4.69, 9.17) is 23.7 Å². The van der Waals surface area contributed by atoms with Crippen LogP contribution in [0.25, 0.3) is 0 Å². The Kier molecular flexibility index (Phi) is 12.3. The van der Waals surface area contributed by atoms with Gasteiger partial charge in [0.05, 0.1) is 39.1 Å². The van der Waals surface area contributed by atoms with Gasteiger partial charge in [-0.3, -0.25) is 4.79 Å². The molecule has 0 bridgehead atoms. The highest BCUT2D eigenvalue weighted by Crippen LogP contribution is 2.33. The molecule has 246 valence electrons. The third-order valence-electron chi connectivity index (χ3n) is 8.46. The highest BCUT2D eigenvalue weighted by molar-refractivity contribution is 5.96. The van der Waals surface area contributed by atoms with Crippen LogP contribution in [0.5, 0.6) is 0 Å². The first-order valence-electron chi connectivity index (χ1n) is 16.5. The molecule has 48 heavy (non-hydrogen) atoms. The van der Waals surface area contributed by atoms with Gasteiger partial charge in [0.2, 0.25) is 0 Å². The van der Waals surface area contributed by atoms with Gasteiger partial charge in [-0.1, -0.05) is 152 Å². The zero-order valence-electron chi connectivity index (χ0n) is 27.0. The standard InChI is InChI=1S/C42H42O6/c43-37(36-24-14-5-15-25-36)26-38-40(45-28-33-18-8-2-9-19-33)42(47-30-35-22-12-4-13-23-35)41(46-29-34-20-10-3-11-21-34)39(48-38)31-44-27-32-16-6-1-7-17-32/h1-25,38-42H,26-31H2/t38-,39?,40?,41+,42?/m0/s1. The predicted octanol–water partition coefficient (Wildman–Crippen LogP) is 8.00. The summed E-state index contributed by atoms with van der Waals surface area (Å²) in [4.78, 5) is 13.7. The third kappa shape index (κ3) is 9.57. The van der Waals surface area contributed by atoms with Crippen molar-refractivity contribution in [3.8, 4) is 0 Å². The van der Waals surface area contributed by atoms with E-state index in [0.29, 0.717) is 32.0 Å². The minimum Gasteiger partial charge on any atom is -0.374 e. The Morgan fingerprint density at radius 2 is 0.833 bits per heavy atom. The minimum absolute atomic E-state index is 0.0247. The fraction of sp³-hybridized carbons (Fsp3) is 0.262. The zero-order valence-corrected chi connectivity index (χ0v) is 27.0. The van der Waals surface area contributed by atoms with Crippen molar-refractivity contribution in [3.05, 3.63) is 179 Å². The van der Waals surface area contributed by atoms with E-state index < -0.39 is 30.5 Å². The van der Waals surface area contributed by atoms with Crippen molar-refractivity contribution in [3.63, 3.8) is 0 Å². The van der Waals surface area contributed by atoms with Crippen LogP contribution in [0.15, 0.2) is 152 Å². The van der Waals surface area contributed by atoms with Gasteiger partial charge in [-0.25, -0.2) is 0 Å². The van der Waals surface area contributed by atoms with E-state index in [9.17, 15) is 4.79 Å². The number of benzene rings is 5. The predicted molar refractivity (Wildman–Crippen MR) is 185 cm³/mol. The maximum atomic E-state index is 13.7.